The summed E-state index contributed by atoms with van der Waals surface area (Å²) >= 11 is 0. The summed E-state index contributed by atoms with van der Waals surface area (Å²) in [5.41, 5.74) is 0.760. The Hall–Kier alpha value is -2.10. The molecule has 0 radical (unpaired) electrons. The minimum absolute atomic E-state index is 0.348. The summed E-state index contributed by atoms with van der Waals surface area (Å²) in [6.45, 7) is 0.348. The van der Waals surface area contributed by atoms with Gasteiger partial charge in [0.2, 0.25) is 5.88 Å². The molecule has 16 heavy (non-hydrogen) atoms. The van der Waals surface area contributed by atoms with Crippen LogP contribution in [0.15, 0.2) is 42.7 Å². The van der Waals surface area contributed by atoms with E-state index < -0.39 is 0 Å². The maximum absolute atomic E-state index is 5.48. The largest absolute Gasteiger partial charge is 0.495 e. The van der Waals surface area contributed by atoms with Crippen LogP contribution in [-0.4, -0.2) is 17.1 Å². The molecule has 0 aromatic carbocycles. The molecule has 2 aromatic rings. The summed E-state index contributed by atoms with van der Waals surface area (Å²) in [6.07, 6.45) is 3.39. The first-order valence-corrected chi connectivity index (χ1v) is 4.92. The van der Waals surface area contributed by atoms with Crippen LogP contribution >= 0.6 is 0 Å². The zero-order valence-electron chi connectivity index (χ0n) is 8.96. The molecule has 0 saturated heterocycles. The van der Waals surface area contributed by atoms with Gasteiger partial charge in [-0.3, -0.25) is 4.98 Å². The van der Waals surface area contributed by atoms with E-state index in [-0.39, 0.29) is 0 Å². The van der Waals surface area contributed by atoms with Crippen LogP contribution in [0.1, 0.15) is 5.69 Å². The van der Waals surface area contributed by atoms with Gasteiger partial charge in [0.25, 0.3) is 0 Å². The first-order chi connectivity index (χ1) is 7.90. The topological polar surface area (TPSA) is 44.2 Å². The molecule has 0 unspecified atom stereocenters. The highest BCUT2D eigenvalue weighted by Gasteiger charge is 2.04. The lowest BCUT2D eigenvalue weighted by Gasteiger charge is -2.07. The number of hydrogen-bond acceptors (Lipinski definition) is 4. The van der Waals surface area contributed by atoms with Crippen molar-refractivity contribution < 1.29 is 9.47 Å². The van der Waals surface area contributed by atoms with Crippen LogP contribution in [0.4, 0.5) is 0 Å². The van der Waals surface area contributed by atoms with Gasteiger partial charge in [0.15, 0.2) is 0 Å². The van der Waals surface area contributed by atoms with Crippen molar-refractivity contribution in [3.63, 3.8) is 0 Å². The van der Waals surface area contributed by atoms with E-state index in [1.807, 2.05) is 24.3 Å². The third-order valence-electron chi connectivity index (χ3n) is 2.06. The first kappa shape index (κ1) is 10.4. The van der Waals surface area contributed by atoms with E-state index in [0.717, 1.165) is 11.4 Å². The van der Waals surface area contributed by atoms with Gasteiger partial charge >= 0.3 is 0 Å². The fourth-order valence-corrected chi connectivity index (χ4v) is 1.29. The molecule has 0 amide bonds. The summed E-state index contributed by atoms with van der Waals surface area (Å²) in [7, 11) is 1.61. The first-order valence-electron chi connectivity index (χ1n) is 4.92. The molecule has 0 N–H and O–H groups in total. The van der Waals surface area contributed by atoms with Crippen LogP contribution in [-0.2, 0) is 6.61 Å². The second-order valence-corrected chi connectivity index (χ2v) is 3.11. The molecule has 0 bridgehead atoms. The summed E-state index contributed by atoms with van der Waals surface area (Å²) in [5, 5.41) is 0. The average Bonchev–Trinajstić information content (AvgIpc) is 2.38. The number of pyridine rings is 2. The molecule has 0 aliphatic carbocycles. The number of aromatic nitrogens is 2. The van der Waals surface area contributed by atoms with E-state index in [9.17, 15) is 0 Å². The molecule has 4 nitrogen and oxygen atoms in total. The number of nitrogens with zero attached hydrogens (tertiary/aromatic N) is 2. The van der Waals surface area contributed by atoms with Crippen LogP contribution < -0.4 is 9.47 Å². The maximum Gasteiger partial charge on any atom is 0.213 e. The third-order valence-corrected chi connectivity index (χ3v) is 2.06. The Labute approximate surface area is 93.9 Å². The zero-order valence-corrected chi connectivity index (χ0v) is 8.96. The molecule has 4 heteroatoms. The Morgan fingerprint density at radius 2 is 1.94 bits per heavy atom. The lowest BCUT2D eigenvalue weighted by molar-refractivity contribution is 0.280. The zero-order chi connectivity index (χ0) is 11.2. The molecule has 0 fully saturated rings. The van der Waals surface area contributed by atoms with Crippen molar-refractivity contribution in [2.45, 2.75) is 6.61 Å². The summed E-state index contributed by atoms with van der Waals surface area (Å²) < 4.78 is 10.7. The third kappa shape index (κ3) is 2.48. The Balaban J connectivity index is 2.05. The molecule has 0 atom stereocenters. The number of ether oxygens (including phenoxy) is 2. The lowest BCUT2D eigenvalue weighted by Crippen LogP contribution is -2.01. The molecule has 0 aliphatic rings. The Morgan fingerprint density at radius 1 is 1.06 bits per heavy atom. The van der Waals surface area contributed by atoms with Crippen LogP contribution in [0, 0.1) is 0 Å². The van der Waals surface area contributed by atoms with Crippen molar-refractivity contribution in [1.29, 1.82) is 0 Å². The van der Waals surface area contributed by atoms with E-state index in [2.05, 4.69) is 9.97 Å². The molecule has 2 rings (SSSR count). The standard InChI is InChI=1S/C12H12N2O2/c1-15-11-5-4-8-13-10(11)9-16-12-6-2-3-7-14-12/h2-8H,9H2,1H3. The predicted molar refractivity (Wildman–Crippen MR) is 59.4 cm³/mol. The SMILES string of the molecule is COc1cccnc1COc1ccccn1. The molecular weight excluding hydrogens is 204 g/mol. The number of hydrogen-bond donors (Lipinski definition) is 0. The van der Waals surface area contributed by atoms with Gasteiger partial charge in [0, 0.05) is 18.5 Å². The lowest BCUT2D eigenvalue weighted by atomic mass is 10.3. The van der Waals surface area contributed by atoms with E-state index in [1.165, 1.54) is 0 Å². The van der Waals surface area contributed by atoms with Crippen molar-refractivity contribution in [3.8, 4) is 11.6 Å². The summed E-state index contributed by atoms with van der Waals surface area (Å²) in [4.78, 5) is 8.25. The minimum atomic E-state index is 0.348. The quantitative estimate of drug-likeness (QED) is 0.784. The molecular formula is C12H12N2O2. The molecule has 82 valence electrons. The summed E-state index contributed by atoms with van der Waals surface area (Å²) in [6, 6.07) is 9.19. The predicted octanol–water partition coefficient (Wildman–Crippen LogP) is 2.06. The van der Waals surface area contributed by atoms with Crippen molar-refractivity contribution in [2.75, 3.05) is 7.11 Å². The molecule has 2 aromatic heterocycles. The number of methoxy groups -OCH3 is 1. The van der Waals surface area contributed by atoms with Gasteiger partial charge in [-0.2, -0.15) is 0 Å². The van der Waals surface area contributed by atoms with Gasteiger partial charge in [0.05, 0.1) is 7.11 Å². The van der Waals surface area contributed by atoms with Gasteiger partial charge in [0.1, 0.15) is 18.1 Å². The van der Waals surface area contributed by atoms with E-state index in [1.54, 1.807) is 25.6 Å². The normalized spacial score (nSPS) is 9.81. The minimum Gasteiger partial charge on any atom is -0.495 e. The highest BCUT2D eigenvalue weighted by atomic mass is 16.5. The highest BCUT2D eigenvalue weighted by Crippen LogP contribution is 2.16. The highest BCUT2D eigenvalue weighted by molar-refractivity contribution is 5.26. The second-order valence-electron chi connectivity index (χ2n) is 3.11. The van der Waals surface area contributed by atoms with Gasteiger partial charge in [-0.25, -0.2) is 4.98 Å². The molecule has 2 heterocycles. The van der Waals surface area contributed by atoms with Crippen LogP contribution in [0.2, 0.25) is 0 Å². The van der Waals surface area contributed by atoms with Crippen molar-refractivity contribution in [1.82, 2.24) is 9.97 Å². The smallest absolute Gasteiger partial charge is 0.213 e. The van der Waals surface area contributed by atoms with Gasteiger partial charge in [-0.15, -0.1) is 0 Å². The molecule has 0 aliphatic heterocycles. The van der Waals surface area contributed by atoms with Gasteiger partial charge < -0.3 is 9.47 Å². The molecule has 0 spiro atoms. The maximum atomic E-state index is 5.48. The second kappa shape index (κ2) is 5.11. The Morgan fingerprint density at radius 3 is 2.69 bits per heavy atom. The van der Waals surface area contributed by atoms with Crippen LogP contribution in [0.5, 0.6) is 11.6 Å². The van der Waals surface area contributed by atoms with Crippen LogP contribution in [0.3, 0.4) is 0 Å². The number of rotatable bonds is 4. The fourth-order valence-electron chi connectivity index (χ4n) is 1.29. The Kier molecular flexibility index (Phi) is 3.33. The average molecular weight is 216 g/mol. The monoisotopic (exact) mass is 216 g/mol. The van der Waals surface area contributed by atoms with Crippen LogP contribution in [0.25, 0.3) is 0 Å². The van der Waals surface area contributed by atoms with Gasteiger partial charge in [-0.05, 0) is 18.2 Å². The van der Waals surface area contributed by atoms with Crippen molar-refractivity contribution in [2.24, 2.45) is 0 Å². The fraction of sp³-hybridized carbons (Fsp3) is 0.167. The van der Waals surface area contributed by atoms with E-state index >= 15 is 0 Å². The van der Waals surface area contributed by atoms with Gasteiger partial charge in [-0.1, -0.05) is 6.07 Å². The molecule has 0 saturated carbocycles. The Bertz CT molecular complexity index is 446. The van der Waals surface area contributed by atoms with Crippen molar-refractivity contribution >= 4 is 0 Å². The van der Waals surface area contributed by atoms with E-state index in [0.29, 0.717) is 12.5 Å². The van der Waals surface area contributed by atoms with Crippen molar-refractivity contribution in [3.05, 3.63) is 48.4 Å². The summed E-state index contributed by atoms with van der Waals surface area (Å²) in [5.74, 6) is 1.30. The van der Waals surface area contributed by atoms with E-state index in [4.69, 9.17) is 9.47 Å².